The third kappa shape index (κ3) is 4.62. The van der Waals surface area contributed by atoms with Gasteiger partial charge in [0.25, 0.3) is 5.82 Å². The first-order chi connectivity index (χ1) is 13.9. The summed E-state index contributed by atoms with van der Waals surface area (Å²) in [5.41, 5.74) is 1.25. The van der Waals surface area contributed by atoms with E-state index < -0.39 is 18.5 Å². The number of carbonyl (C=O) groups is 1. The Morgan fingerprint density at radius 3 is 2.76 bits per heavy atom. The summed E-state index contributed by atoms with van der Waals surface area (Å²) in [6, 6.07) is 6.02. The van der Waals surface area contributed by atoms with Gasteiger partial charge in [-0.15, -0.1) is 5.10 Å². The molecule has 9 nitrogen and oxygen atoms in total. The lowest BCUT2D eigenvalue weighted by atomic mass is 10.1. The van der Waals surface area contributed by atoms with Crippen molar-refractivity contribution in [1.82, 2.24) is 25.1 Å². The first-order valence-corrected chi connectivity index (χ1v) is 8.59. The molecular weight excluding hydrogens is 388 g/mol. The van der Waals surface area contributed by atoms with E-state index in [1.54, 1.807) is 26.0 Å². The van der Waals surface area contributed by atoms with E-state index >= 15 is 0 Å². The van der Waals surface area contributed by atoms with Crippen molar-refractivity contribution in [2.24, 2.45) is 0 Å². The summed E-state index contributed by atoms with van der Waals surface area (Å²) < 4.78 is 35.0. The third-order valence-electron chi connectivity index (χ3n) is 3.92. The summed E-state index contributed by atoms with van der Waals surface area (Å²) in [4.78, 5) is 23.7. The number of aromatic amines is 1. The minimum atomic E-state index is -2.95. The van der Waals surface area contributed by atoms with E-state index in [1.165, 1.54) is 18.3 Å². The number of rotatable bonds is 8. The largest absolute Gasteiger partial charge is 0.476 e. The maximum Gasteiger partial charge on any atom is 0.387 e. The molecule has 1 atom stereocenters. The molecule has 0 saturated carbocycles. The van der Waals surface area contributed by atoms with Crippen molar-refractivity contribution in [1.29, 1.82) is 0 Å². The molecule has 0 amide bonds. The van der Waals surface area contributed by atoms with Crippen LogP contribution in [0.3, 0.4) is 0 Å². The molecule has 2 aromatic heterocycles. The minimum absolute atomic E-state index is 0.0264. The molecule has 29 heavy (non-hydrogen) atoms. The molecular formula is C18H17F2N5O4. The minimum Gasteiger partial charge on any atom is -0.476 e. The highest BCUT2D eigenvalue weighted by Gasteiger charge is 2.21. The number of benzene rings is 1. The van der Waals surface area contributed by atoms with Gasteiger partial charge in [0.2, 0.25) is 5.88 Å². The molecule has 1 aromatic carbocycles. The van der Waals surface area contributed by atoms with Crippen molar-refractivity contribution >= 4 is 5.97 Å². The molecule has 0 bridgehead atoms. The fraction of sp³-hybridized carbons (Fsp3) is 0.278. The van der Waals surface area contributed by atoms with Crippen molar-refractivity contribution in [3.05, 3.63) is 47.8 Å². The van der Waals surface area contributed by atoms with Gasteiger partial charge in [-0.25, -0.2) is 19.7 Å². The van der Waals surface area contributed by atoms with Gasteiger partial charge < -0.3 is 14.6 Å². The summed E-state index contributed by atoms with van der Waals surface area (Å²) in [6.45, 7) is 0.897. The predicted octanol–water partition coefficient (Wildman–Crippen LogP) is 3.11. The Morgan fingerprint density at radius 1 is 1.31 bits per heavy atom. The number of halogens is 2. The van der Waals surface area contributed by atoms with E-state index in [-0.39, 0.29) is 17.5 Å². The second kappa shape index (κ2) is 8.59. The maximum atomic E-state index is 12.5. The summed E-state index contributed by atoms with van der Waals surface area (Å²) in [5, 5.41) is 15.2. The van der Waals surface area contributed by atoms with E-state index in [2.05, 4.69) is 29.9 Å². The van der Waals surface area contributed by atoms with Crippen LogP contribution in [-0.2, 0) is 0 Å². The number of nitrogens with zero attached hydrogens (tertiary/aromatic N) is 4. The SMILES string of the molecule is CCOc1ncc(C(C)c2nc(C(=O)O)n[nH]2)nc1-c1cccc(OC(F)F)c1. The van der Waals surface area contributed by atoms with Gasteiger partial charge in [0.1, 0.15) is 17.3 Å². The summed E-state index contributed by atoms with van der Waals surface area (Å²) in [7, 11) is 0. The van der Waals surface area contributed by atoms with Crippen molar-refractivity contribution < 1.29 is 28.2 Å². The molecule has 0 spiro atoms. The first-order valence-electron chi connectivity index (χ1n) is 8.59. The summed E-state index contributed by atoms with van der Waals surface area (Å²) >= 11 is 0. The highest BCUT2D eigenvalue weighted by molar-refractivity contribution is 5.82. The molecule has 0 saturated heterocycles. The lowest BCUT2D eigenvalue weighted by molar-refractivity contribution is -0.0498. The van der Waals surface area contributed by atoms with Crippen molar-refractivity contribution in [2.45, 2.75) is 26.4 Å². The van der Waals surface area contributed by atoms with E-state index in [4.69, 9.17) is 9.84 Å². The second-order valence-corrected chi connectivity index (χ2v) is 5.86. The van der Waals surface area contributed by atoms with E-state index in [0.717, 1.165) is 0 Å². The number of hydrogen-bond donors (Lipinski definition) is 2. The fourth-order valence-corrected chi connectivity index (χ4v) is 2.55. The van der Waals surface area contributed by atoms with Gasteiger partial charge in [0.15, 0.2) is 0 Å². The van der Waals surface area contributed by atoms with Gasteiger partial charge in [0, 0.05) is 5.56 Å². The molecule has 2 heterocycles. The van der Waals surface area contributed by atoms with Crippen LogP contribution in [0.4, 0.5) is 8.78 Å². The summed E-state index contributed by atoms with van der Waals surface area (Å²) in [6.07, 6.45) is 1.47. The molecule has 0 fully saturated rings. The molecule has 11 heteroatoms. The number of carboxylic acid groups (broad SMARTS) is 1. The second-order valence-electron chi connectivity index (χ2n) is 5.86. The van der Waals surface area contributed by atoms with Crippen LogP contribution in [0.1, 0.15) is 41.9 Å². The van der Waals surface area contributed by atoms with Crippen LogP contribution in [-0.4, -0.2) is 49.4 Å². The van der Waals surface area contributed by atoms with Gasteiger partial charge in [0.05, 0.1) is 24.4 Å². The topological polar surface area (TPSA) is 123 Å². The number of H-pyrrole nitrogens is 1. The van der Waals surface area contributed by atoms with Crippen LogP contribution < -0.4 is 9.47 Å². The Labute approximate surface area is 163 Å². The van der Waals surface area contributed by atoms with Gasteiger partial charge in [-0.05, 0) is 26.0 Å². The van der Waals surface area contributed by atoms with E-state index in [9.17, 15) is 13.6 Å². The van der Waals surface area contributed by atoms with Crippen LogP contribution >= 0.6 is 0 Å². The Balaban J connectivity index is 2.00. The van der Waals surface area contributed by atoms with Crippen molar-refractivity contribution in [3.8, 4) is 22.9 Å². The fourth-order valence-electron chi connectivity index (χ4n) is 2.55. The smallest absolute Gasteiger partial charge is 0.387 e. The Kier molecular flexibility index (Phi) is 5.96. The molecule has 0 radical (unpaired) electrons. The number of hydrogen-bond acceptors (Lipinski definition) is 7. The van der Waals surface area contributed by atoms with Gasteiger partial charge >= 0.3 is 12.6 Å². The van der Waals surface area contributed by atoms with E-state index in [1.807, 2.05) is 0 Å². The van der Waals surface area contributed by atoms with Crippen LogP contribution in [0.2, 0.25) is 0 Å². The number of ether oxygens (including phenoxy) is 2. The third-order valence-corrected chi connectivity index (χ3v) is 3.92. The lowest BCUT2D eigenvalue weighted by Gasteiger charge is -2.14. The predicted molar refractivity (Wildman–Crippen MR) is 96.1 cm³/mol. The molecule has 0 aliphatic heterocycles. The normalized spacial score (nSPS) is 12.0. The van der Waals surface area contributed by atoms with Gasteiger partial charge in [-0.2, -0.15) is 8.78 Å². The average Bonchev–Trinajstić information content (AvgIpc) is 3.18. The first kappa shape index (κ1) is 20.1. The van der Waals surface area contributed by atoms with Crippen LogP contribution in [0.25, 0.3) is 11.3 Å². The zero-order valence-electron chi connectivity index (χ0n) is 15.5. The zero-order valence-corrected chi connectivity index (χ0v) is 15.5. The number of nitrogens with one attached hydrogen (secondary N) is 1. The number of aromatic carboxylic acids is 1. The van der Waals surface area contributed by atoms with Crippen molar-refractivity contribution in [2.75, 3.05) is 6.61 Å². The van der Waals surface area contributed by atoms with Crippen molar-refractivity contribution in [3.63, 3.8) is 0 Å². The number of alkyl halides is 2. The molecule has 3 rings (SSSR count). The quantitative estimate of drug-likeness (QED) is 0.586. The molecule has 0 aliphatic carbocycles. The van der Waals surface area contributed by atoms with E-state index in [0.29, 0.717) is 29.4 Å². The Bertz CT molecular complexity index is 1010. The zero-order chi connectivity index (χ0) is 21.0. The highest BCUT2D eigenvalue weighted by Crippen LogP contribution is 2.31. The van der Waals surface area contributed by atoms with Crippen LogP contribution in [0.5, 0.6) is 11.6 Å². The number of carboxylic acids is 1. The molecule has 152 valence electrons. The Morgan fingerprint density at radius 2 is 2.10 bits per heavy atom. The monoisotopic (exact) mass is 405 g/mol. The number of aromatic nitrogens is 5. The molecule has 3 aromatic rings. The summed E-state index contributed by atoms with van der Waals surface area (Å²) in [5.74, 6) is -1.58. The molecule has 2 N–H and O–H groups in total. The van der Waals surface area contributed by atoms with Gasteiger partial charge in [-0.1, -0.05) is 12.1 Å². The average molecular weight is 405 g/mol. The van der Waals surface area contributed by atoms with Crippen LogP contribution in [0, 0.1) is 0 Å². The van der Waals surface area contributed by atoms with Crippen LogP contribution in [0.15, 0.2) is 30.5 Å². The molecule has 1 unspecified atom stereocenters. The lowest BCUT2D eigenvalue weighted by Crippen LogP contribution is -2.07. The standard InChI is InChI=1S/C18H17F2N5O4/c1-3-28-16-13(10-5-4-6-11(7-10)29-18(19)20)22-12(8-21-16)9(2)14-23-15(17(26)27)25-24-14/h4-9,18H,3H2,1-2H3,(H,26,27)(H,23,24,25). The highest BCUT2D eigenvalue weighted by atomic mass is 19.3. The Hall–Kier alpha value is -3.63. The maximum absolute atomic E-state index is 12.5. The van der Waals surface area contributed by atoms with Gasteiger partial charge in [-0.3, -0.25) is 5.10 Å². The molecule has 0 aliphatic rings.